The van der Waals surface area contributed by atoms with Crippen LogP contribution in [-0.4, -0.2) is 17.3 Å². The number of aromatic nitrogens is 2. The standard InChI is InChI=1S/C13H13N3O2/c1-17-9-2-3-10-8(6-15-12(10)5-9)4-13-11(14)7-16-18-13/h2-3,5-7,15H,4,14H2,1H3. The second-order valence-corrected chi connectivity index (χ2v) is 4.11. The summed E-state index contributed by atoms with van der Waals surface area (Å²) >= 11 is 0. The number of nitrogens with two attached hydrogens (primary N) is 1. The van der Waals surface area contributed by atoms with E-state index in [1.807, 2.05) is 24.4 Å². The van der Waals surface area contributed by atoms with E-state index in [1.54, 1.807) is 7.11 Å². The Morgan fingerprint density at radius 1 is 1.44 bits per heavy atom. The van der Waals surface area contributed by atoms with Gasteiger partial charge in [-0.05, 0) is 17.7 Å². The number of nitrogens with one attached hydrogen (secondary N) is 1. The Balaban J connectivity index is 2.00. The molecule has 0 saturated carbocycles. The van der Waals surface area contributed by atoms with Gasteiger partial charge in [0.05, 0.1) is 19.0 Å². The highest BCUT2D eigenvalue weighted by Gasteiger charge is 2.10. The Hall–Kier alpha value is -2.43. The van der Waals surface area contributed by atoms with E-state index in [-0.39, 0.29) is 0 Å². The molecule has 0 aliphatic rings. The Morgan fingerprint density at radius 2 is 2.33 bits per heavy atom. The maximum atomic E-state index is 5.76. The van der Waals surface area contributed by atoms with Gasteiger partial charge >= 0.3 is 0 Å². The number of ether oxygens (including phenoxy) is 1. The Morgan fingerprint density at radius 3 is 3.06 bits per heavy atom. The molecule has 0 unspecified atom stereocenters. The number of anilines is 1. The fourth-order valence-corrected chi connectivity index (χ4v) is 2.02. The molecule has 0 aliphatic heterocycles. The minimum absolute atomic E-state index is 0.581. The third-order valence-corrected chi connectivity index (χ3v) is 3.00. The average Bonchev–Trinajstić information content (AvgIpc) is 2.97. The van der Waals surface area contributed by atoms with Crippen LogP contribution in [0.15, 0.2) is 35.1 Å². The second kappa shape index (κ2) is 4.10. The van der Waals surface area contributed by atoms with E-state index in [2.05, 4.69) is 10.1 Å². The SMILES string of the molecule is COc1ccc2c(Cc3oncc3N)c[nH]c2c1. The number of rotatable bonds is 3. The molecule has 2 aromatic heterocycles. The molecule has 92 valence electrons. The number of nitrogen functional groups attached to an aromatic ring is 1. The first-order chi connectivity index (χ1) is 8.78. The summed E-state index contributed by atoms with van der Waals surface area (Å²) in [5, 5.41) is 4.81. The van der Waals surface area contributed by atoms with Crippen molar-refractivity contribution in [2.45, 2.75) is 6.42 Å². The summed E-state index contributed by atoms with van der Waals surface area (Å²) in [5.74, 6) is 1.52. The quantitative estimate of drug-likeness (QED) is 0.740. The van der Waals surface area contributed by atoms with Crippen LogP contribution in [0.1, 0.15) is 11.3 Å². The van der Waals surface area contributed by atoms with Gasteiger partial charge in [0.2, 0.25) is 0 Å². The average molecular weight is 243 g/mol. The molecule has 3 aromatic rings. The van der Waals surface area contributed by atoms with Crippen LogP contribution in [-0.2, 0) is 6.42 Å². The Kier molecular flexibility index (Phi) is 2.44. The minimum Gasteiger partial charge on any atom is -0.497 e. The second-order valence-electron chi connectivity index (χ2n) is 4.11. The topological polar surface area (TPSA) is 77.1 Å². The zero-order valence-electron chi connectivity index (χ0n) is 9.93. The fraction of sp³-hybridized carbons (Fsp3) is 0.154. The lowest BCUT2D eigenvalue weighted by atomic mass is 10.1. The lowest BCUT2D eigenvalue weighted by molar-refractivity contribution is 0.390. The van der Waals surface area contributed by atoms with Gasteiger partial charge < -0.3 is 20.0 Å². The molecule has 1 aromatic carbocycles. The van der Waals surface area contributed by atoms with Gasteiger partial charge in [-0.1, -0.05) is 5.16 Å². The summed E-state index contributed by atoms with van der Waals surface area (Å²) in [6, 6.07) is 5.92. The van der Waals surface area contributed by atoms with Crippen LogP contribution >= 0.6 is 0 Å². The molecule has 0 fully saturated rings. The molecule has 5 heteroatoms. The van der Waals surface area contributed by atoms with Crippen molar-refractivity contribution in [3.05, 3.63) is 41.9 Å². The highest BCUT2D eigenvalue weighted by atomic mass is 16.5. The summed E-state index contributed by atoms with van der Waals surface area (Å²) in [6.07, 6.45) is 4.09. The molecule has 0 aliphatic carbocycles. The fourth-order valence-electron chi connectivity index (χ4n) is 2.02. The first kappa shape index (κ1) is 10.7. The van der Waals surface area contributed by atoms with Gasteiger partial charge in [-0.25, -0.2) is 0 Å². The van der Waals surface area contributed by atoms with E-state index in [9.17, 15) is 0 Å². The number of fused-ring (bicyclic) bond motifs is 1. The summed E-state index contributed by atoms with van der Waals surface area (Å²) in [4.78, 5) is 3.21. The summed E-state index contributed by atoms with van der Waals surface area (Å²) in [7, 11) is 1.65. The molecule has 18 heavy (non-hydrogen) atoms. The van der Waals surface area contributed by atoms with Gasteiger partial charge in [0.1, 0.15) is 5.75 Å². The van der Waals surface area contributed by atoms with Gasteiger partial charge in [0.25, 0.3) is 0 Å². The highest BCUT2D eigenvalue weighted by Crippen LogP contribution is 2.26. The normalized spacial score (nSPS) is 10.9. The van der Waals surface area contributed by atoms with Crippen molar-refractivity contribution in [1.29, 1.82) is 0 Å². The maximum absolute atomic E-state index is 5.76. The van der Waals surface area contributed by atoms with Gasteiger partial charge in [0.15, 0.2) is 5.76 Å². The molecule has 3 N–H and O–H groups in total. The number of benzene rings is 1. The molecule has 5 nitrogen and oxygen atoms in total. The Labute approximate surface area is 104 Å². The molecule has 0 atom stereocenters. The third-order valence-electron chi connectivity index (χ3n) is 3.00. The van der Waals surface area contributed by atoms with E-state index >= 15 is 0 Å². The summed E-state index contributed by atoms with van der Waals surface area (Å²) < 4.78 is 10.3. The van der Waals surface area contributed by atoms with Crippen LogP contribution in [0.25, 0.3) is 10.9 Å². The van der Waals surface area contributed by atoms with Crippen LogP contribution in [0.2, 0.25) is 0 Å². The van der Waals surface area contributed by atoms with E-state index in [0.29, 0.717) is 17.9 Å². The van der Waals surface area contributed by atoms with E-state index in [0.717, 1.165) is 22.2 Å². The zero-order chi connectivity index (χ0) is 12.5. The number of nitrogens with zero attached hydrogens (tertiary/aromatic N) is 1. The largest absolute Gasteiger partial charge is 0.497 e. The van der Waals surface area contributed by atoms with E-state index in [1.165, 1.54) is 6.20 Å². The van der Waals surface area contributed by atoms with Crippen molar-refractivity contribution in [3.63, 3.8) is 0 Å². The molecule has 0 radical (unpaired) electrons. The molecule has 0 bridgehead atoms. The van der Waals surface area contributed by atoms with Gasteiger partial charge in [-0.15, -0.1) is 0 Å². The number of hydrogen-bond donors (Lipinski definition) is 2. The van der Waals surface area contributed by atoms with Crippen LogP contribution in [0.5, 0.6) is 5.75 Å². The number of methoxy groups -OCH3 is 1. The monoisotopic (exact) mass is 243 g/mol. The smallest absolute Gasteiger partial charge is 0.164 e. The number of hydrogen-bond acceptors (Lipinski definition) is 4. The van der Waals surface area contributed by atoms with Crippen LogP contribution < -0.4 is 10.5 Å². The first-order valence-electron chi connectivity index (χ1n) is 5.61. The molecule has 0 saturated heterocycles. The zero-order valence-corrected chi connectivity index (χ0v) is 9.93. The van der Waals surface area contributed by atoms with Gasteiger partial charge in [0, 0.05) is 29.6 Å². The summed E-state index contributed by atoms with van der Waals surface area (Å²) in [6.45, 7) is 0. The maximum Gasteiger partial charge on any atom is 0.164 e. The van der Waals surface area contributed by atoms with Crippen molar-refractivity contribution >= 4 is 16.6 Å². The number of H-pyrrole nitrogens is 1. The Bertz CT molecular complexity index is 684. The molecular formula is C13H13N3O2. The molecule has 0 amide bonds. The highest BCUT2D eigenvalue weighted by molar-refractivity contribution is 5.84. The van der Waals surface area contributed by atoms with Gasteiger partial charge in [-0.2, -0.15) is 0 Å². The van der Waals surface area contributed by atoms with Crippen molar-refractivity contribution in [2.75, 3.05) is 12.8 Å². The van der Waals surface area contributed by atoms with Crippen molar-refractivity contribution in [2.24, 2.45) is 0 Å². The van der Waals surface area contributed by atoms with E-state index in [4.69, 9.17) is 15.0 Å². The lowest BCUT2D eigenvalue weighted by Gasteiger charge is -2.00. The summed E-state index contributed by atoms with van der Waals surface area (Å²) in [5.41, 5.74) is 8.49. The van der Waals surface area contributed by atoms with Crippen LogP contribution in [0.4, 0.5) is 5.69 Å². The van der Waals surface area contributed by atoms with Gasteiger partial charge in [-0.3, -0.25) is 0 Å². The predicted molar refractivity (Wildman–Crippen MR) is 68.6 cm³/mol. The predicted octanol–water partition coefficient (Wildman–Crippen LogP) is 2.34. The third kappa shape index (κ3) is 1.69. The van der Waals surface area contributed by atoms with Crippen LogP contribution in [0, 0.1) is 0 Å². The first-order valence-corrected chi connectivity index (χ1v) is 5.61. The lowest BCUT2D eigenvalue weighted by Crippen LogP contribution is -1.90. The van der Waals surface area contributed by atoms with Crippen molar-refractivity contribution in [1.82, 2.24) is 10.1 Å². The van der Waals surface area contributed by atoms with Crippen LogP contribution in [0.3, 0.4) is 0 Å². The number of aromatic amines is 1. The van der Waals surface area contributed by atoms with Crippen molar-refractivity contribution in [3.8, 4) is 5.75 Å². The van der Waals surface area contributed by atoms with E-state index < -0.39 is 0 Å². The molecule has 2 heterocycles. The van der Waals surface area contributed by atoms with Crippen molar-refractivity contribution < 1.29 is 9.26 Å². The molecular weight excluding hydrogens is 230 g/mol. The minimum atomic E-state index is 0.581. The molecule has 3 rings (SSSR count). The molecule has 0 spiro atoms.